The quantitative estimate of drug-likeness (QED) is 0.332. The average Bonchev–Trinajstić information content (AvgIpc) is 3.51. The number of rotatable bonds is 6. The lowest BCUT2D eigenvalue weighted by Crippen LogP contribution is -2.32. The average molecular weight is 505 g/mol. The van der Waals surface area contributed by atoms with Crippen LogP contribution >= 0.6 is 11.3 Å². The molecule has 2 aromatic heterocycles. The second-order valence-electron chi connectivity index (χ2n) is 8.19. The number of carboxylic acid groups (broad SMARTS) is 1. The highest BCUT2D eigenvalue weighted by Crippen LogP contribution is 2.43. The number of nitrogens with one attached hydrogen (secondary N) is 1. The summed E-state index contributed by atoms with van der Waals surface area (Å²) in [5.74, 6) is -2.58. The zero-order chi connectivity index (χ0) is 25.7. The van der Waals surface area contributed by atoms with Gasteiger partial charge in [-0.2, -0.15) is 0 Å². The maximum atomic E-state index is 13.7. The molecule has 1 amide bonds. The Labute approximate surface area is 208 Å². The number of hydrogen-bond donors (Lipinski definition) is 3. The molecule has 182 valence electrons. The molecule has 36 heavy (non-hydrogen) atoms. The van der Waals surface area contributed by atoms with Gasteiger partial charge in [0.1, 0.15) is 5.75 Å². The van der Waals surface area contributed by atoms with Crippen molar-refractivity contribution >= 4 is 46.0 Å². The predicted octanol–water partition coefficient (Wildman–Crippen LogP) is 4.13. The third kappa shape index (κ3) is 3.69. The van der Waals surface area contributed by atoms with E-state index >= 15 is 0 Å². The fourth-order valence-electron chi connectivity index (χ4n) is 4.29. The number of H-pyrrole nitrogens is 1. The minimum Gasteiger partial charge on any atom is -0.503 e. The first-order valence-corrected chi connectivity index (χ1v) is 11.6. The molecule has 1 aliphatic rings. The van der Waals surface area contributed by atoms with Crippen LogP contribution in [0.1, 0.15) is 42.3 Å². The molecule has 5 rings (SSSR count). The molecule has 10 nitrogen and oxygen atoms in total. The fourth-order valence-corrected chi connectivity index (χ4v) is 5.16. The Kier molecular flexibility index (Phi) is 5.56. The highest BCUT2D eigenvalue weighted by molar-refractivity contribution is 7.14. The number of aliphatic hydroxyl groups is 1. The summed E-state index contributed by atoms with van der Waals surface area (Å²) in [5.41, 5.74) is 1.76. The smallest absolute Gasteiger partial charge is 0.335 e. The van der Waals surface area contributed by atoms with E-state index in [2.05, 4.69) is 15.0 Å². The summed E-state index contributed by atoms with van der Waals surface area (Å²) in [6.45, 7) is 3.47. The fraction of sp³-hybridized carbons (Fsp3) is 0.160. The Balaban J connectivity index is 1.69. The first-order chi connectivity index (χ1) is 17.2. The second-order valence-corrected chi connectivity index (χ2v) is 9.39. The van der Waals surface area contributed by atoms with E-state index in [-0.39, 0.29) is 17.1 Å². The molecule has 1 atom stereocenters. The number of fused-ring (bicyclic) bond motifs is 1. The van der Waals surface area contributed by atoms with Gasteiger partial charge in [-0.1, -0.05) is 12.1 Å². The molecule has 1 aliphatic heterocycles. The minimum atomic E-state index is -1.11. The van der Waals surface area contributed by atoms with Crippen LogP contribution in [0.2, 0.25) is 0 Å². The predicted molar refractivity (Wildman–Crippen MR) is 132 cm³/mol. The maximum absolute atomic E-state index is 13.7. The van der Waals surface area contributed by atoms with E-state index in [1.165, 1.54) is 41.5 Å². The summed E-state index contributed by atoms with van der Waals surface area (Å²) in [4.78, 5) is 51.7. The number of aromatic carboxylic acids is 1. The van der Waals surface area contributed by atoms with Gasteiger partial charge in [0, 0.05) is 0 Å². The largest absolute Gasteiger partial charge is 0.503 e. The van der Waals surface area contributed by atoms with Crippen molar-refractivity contribution in [3.63, 3.8) is 0 Å². The number of ether oxygens (including phenoxy) is 1. The molecule has 4 aromatic rings. The molecule has 2 aromatic carbocycles. The van der Waals surface area contributed by atoms with E-state index < -0.39 is 29.5 Å². The highest BCUT2D eigenvalue weighted by Gasteiger charge is 2.46. The zero-order valence-corrected chi connectivity index (χ0v) is 20.2. The molecule has 0 bridgehead atoms. The molecule has 1 unspecified atom stereocenters. The Bertz CT molecular complexity index is 1600. The van der Waals surface area contributed by atoms with Gasteiger partial charge in [0.05, 0.1) is 50.9 Å². The van der Waals surface area contributed by atoms with Gasteiger partial charge in [-0.05, 0) is 49.7 Å². The van der Waals surface area contributed by atoms with Crippen LogP contribution in [0.25, 0.3) is 11.0 Å². The SMILES string of the molecule is COc1cccc(C2C(C(=O)c3sc(C)nc3C)=C(O)C(=O)N2c2nc3ccc(C(=O)O)cc3[nH]2)c1. The van der Waals surface area contributed by atoms with Gasteiger partial charge in [-0.15, -0.1) is 11.3 Å². The van der Waals surface area contributed by atoms with E-state index in [4.69, 9.17) is 4.74 Å². The van der Waals surface area contributed by atoms with Crippen molar-refractivity contribution < 1.29 is 29.3 Å². The van der Waals surface area contributed by atoms with Crippen molar-refractivity contribution in [3.05, 3.63) is 80.5 Å². The monoisotopic (exact) mass is 504 g/mol. The summed E-state index contributed by atoms with van der Waals surface area (Å²) < 4.78 is 5.34. The number of benzene rings is 2. The van der Waals surface area contributed by atoms with Crippen LogP contribution < -0.4 is 9.64 Å². The van der Waals surface area contributed by atoms with Crippen LogP contribution in [-0.2, 0) is 4.79 Å². The minimum absolute atomic E-state index is 0.0441. The number of ketones is 1. The number of carboxylic acids is 1. The van der Waals surface area contributed by atoms with E-state index in [1.807, 2.05) is 0 Å². The number of nitrogens with zero attached hydrogens (tertiary/aromatic N) is 3. The number of amides is 1. The van der Waals surface area contributed by atoms with Crippen molar-refractivity contribution in [1.29, 1.82) is 0 Å². The summed E-state index contributed by atoms with van der Waals surface area (Å²) in [6, 6.07) is 10.1. The van der Waals surface area contributed by atoms with E-state index in [1.54, 1.807) is 38.1 Å². The summed E-state index contributed by atoms with van der Waals surface area (Å²) >= 11 is 1.18. The lowest BCUT2D eigenvalue weighted by atomic mass is 9.95. The third-order valence-corrected chi connectivity index (χ3v) is 6.99. The Morgan fingerprint density at radius 2 is 1.92 bits per heavy atom. The Hall–Kier alpha value is -4.51. The lowest BCUT2D eigenvalue weighted by molar-refractivity contribution is -0.117. The number of anilines is 1. The summed E-state index contributed by atoms with van der Waals surface area (Å²) in [6.07, 6.45) is 0. The number of aryl methyl sites for hydroxylation is 2. The molecule has 0 saturated heterocycles. The normalized spacial score (nSPS) is 15.7. The number of aliphatic hydroxyl groups excluding tert-OH is 1. The van der Waals surface area contributed by atoms with Gasteiger partial charge in [0.15, 0.2) is 5.76 Å². The third-order valence-electron chi connectivity index (χ3n) is 5.92. The highest BCUT2D eigenvalue weighted by atomic mass is 32.1. The number of imidazole rings is 1. The van der Waals surface area contributed by atoms with Gasteiger partial charge < -0.3 is 19.9 Å². The van der Waals surface area contributed by atoms with Gasteiger partial charge in [-0.25, -0.2) is 14.8 Å². The van der Waals surface area contributed by atoms with Gasteiger partial charge >= 0.3 is 5.97 Å². The number of carbonyl (C=O) groups excluding carboxylic acids is 2. The lowest BCUT2D eigenvalue weighted by Gasteiger charge is -2.24. The van der Waals surface area contributed by atoms with Crippen LogP contribution in [0.3, 0.4) is 0 Å². The first-order valence-electron chi connectivity index (χ1n) is 10.8. The van der Waals surface area contributed by atoms with Crippen molar-refractivity contribution in [3.8, 4) is 5.75 Å². The van der Waals surface area contributed by atoms with Crippen molar-refractivity contribution in [1.82, 2.24) is 15.0 Å². The van der Waals surface area contributed by atoms with Crippen LogP contribution in [0.5, 0.6) is 5.75 Å². The number of hydrogen-bond acceptors (Lipinski definition) is 8. The number of Topliss-reactive ketones (excluding diaryl/α,β-unsaturated/α-hetero) is 1. The zero-order valence-electron chi connectivity index (χ0n) is 19.4. The first kappa shape index (κ1) is 23.2. The molecule has 0 radical (unpaired) electrons. The topological polar surface area (TPSA) is 146 Å². The Morgan fingerprint density at radius 3 is 2.58 bits per heavy atom. The van der Waals surface area contributed by atoms with Crippen LogP contribution in [0.4, 0.5) is 5.95 Å². The second kappa shape index (κ2) is 8.61. The molecule has 0 aliphatic carbocycles. The molecule has 3 heterocycles. The van der Waals surface area contributed by atoms with Crippen LogP contribution in [0, 0.1) is 13.8 Å². The number of methoxy groups -OCH3 is 1. The Morgan fingerprint density at radius 1 is 1.14 bits per heavy atom. The van der Waals surface area contributed by atoms with E-state index in [0.29, 0.717) is 37.9 Å². The van der Waals surface area contributed by atoms with Crippen LogP contribution in [0.15, 0.2) is 53.8 Å². The molecular weight excluding hydrogens is 484 g/mol. The molecule has 11 heteroatoms. The van der Waals surface area contributed by atoms with Gasteiger partial charge in [0.25, 0.3) is 5.91 Å². The molecule has 0 saturated carbocycles. The van der Waals surface area contributed by atoms with Crippen molar-refractivity contribution in [2.75, 3.05) is 12.0 Å². The van der Waals surface area contributed by atoms with Crippen molar-refractivity contribution in [2.45, 2.75) is 19.9 Å². The van der Waals surface area contributed by atoms with Gasteiger partial charge in [-0.3, -0.25) is 14.5 Å². The molecule has 3 N–H and O–H groups in total. The van der Waals surface area contributed by atoms with E-state index in [9.17, 15) is 24.6 Å². The molecule has 0 spiro atoms. The van der Waals surface area contributed by atoms with Crippen LogP contribution in [-0.4, -0.2) is 49.9 Å². The van der Waals surface area contributed by atoms with E-state index in [0.717, 1.165) is 0 Å². The number of aromatic nitrogens is 3. The molecule has 0 fully saturated rings. The molecular formula is C25H20N4O6S. The number of carbonyl (C=O) groups is 3. The van der Waals surface area contributed by atoms with Gasteiger partial charge in [0.2, 0.25) is 11.7 Å². The number of aromatic amines is 1. The standard InChI is InChI=1S/C25H20N4O6S/c1-11-22(36-12(2)26-11)20(30)18-19(13-5-4-6-15(9-13)35-3)29(23(32)21(18)31)25-27-16-8-7-14(24(33)34)10-17(16)28-25/h4-10,19,31H,1-3H3,(H,27,28)(H,33,34). The summed E-state index contributed by atoms with van der Waals surface area (Å²) in [5, 5.41) is 21.0. The maximum Gasteiger partial charge on any atom is 0.335 e. The van der Waals surface area contributed by atoms with Crippen molar-refractivity contribution in [2.24, 2.45) is 0 Å². The summed E-state index contributed by atoms with van der Waals surface area (Å²) in [7, 11) is 1.50. The number of thiazole rings is 1.